The fourth-order valence-corrected chi connectivity index (χ4v) is 2.46. The Morgan fingerprint density at radius 3 is 2.29 bits per heavy atom. The SMILES string of the molecule is Cc1cccc(C(C(CO)C(C)C)N(C)C)c1. The Kier molecular flexibility index (Phi) is 5.16. The monoisotopic (exact) mass is 235 g/mol. The van der Waals surface area contributed by atoms with Gasteiger partial charge in [0, 0.05) is 18.6 Å². The number of hydrogen-bond acceptors (Lipinski definition) is 2. The van der Waals surface area contributed by atoms with E-state index in [0.717, 1.165) is 0 Å². The molecule has 1 aromatic rings. The molecule has 2 heteroatoms. The van der Waals surface area contributed by atoms with E-state index in [2.05, 4.69) is 64.0 Å². The molecule has 1 rings (SSSR count). The van der Waals surface area contributed by atoms with E-state index in [1.165, 1.54) is 11.1 Å². The van der Waals surface area contributed by atoms with Gasteiger partial charge in [-0.2, -0.15) is 0 Å². The molecule has 0 bridgehead atoms. The van der Waals surface area contributed by atoms with Gasteiger partial charge in [0.15, 0.2) is 0 Å². The number of aliphatic hydroxyl groups is 1. The van der Waals surface area contributed by atoms with E-state index in [0.29, 0.717) is 5.92 Å². The van der Waals surface area contributed by atoms with Crippen molar-refractivity contribution in [1.29, 1.82) is 0 Å². The van der Waals surface area contributed by atoms with Crippen molar-refractivity contribution in [3.8, 4) is 0 Å². The molecule has 0 fully saturated rings. The molecule has 96 valence electrons. The zero-order valence-electron chi connectivity index (χ0n) is 11.6. The molecule has 2 nitrogen and oxygen atoms in total. The summed E-state index contributed by atoms with van der Waals surface area (Å²) in [5.74, 6) is 0.736. The topological polar surface area (TPSA) is 23.5 Å². The minimum absolute atomic E-state index is 0.231. The molecule has 0 saturated heterocycles. The number of aliphatic hydroxyl groups excluding tert-OH is 1. The molecule has 0 saturated carbocycles. The summed E-state index contributed by atoms with van der Waals surface area (Å²) in [6.07, 6.45) is 0. The van der Waals surface area contributed by atoms with E-state index >= 15 is 0 Å². The lowest BCUT2D eigenvalue weighted by atomic mass is 9.84. The number of aryl methyl sites for hydroxylation is 1. The van der Waals surface area contributed by atoms with Gasteiger partial charge in [0.25, 0.3) is 0 Å². The van der Waals surface area contributed by atoms with Gasteiger partial charge in [0.2, 0.25) is 0 Å². The van der Waals surface area contributed by atoms with Gasteiger partial charge in [0.05, 0.1) is 0 Å². The molecule has 0 aliphatic carbocycles. The highest BCUT2D eigenvalue weighted by molar-refractivity contribution is 5.25. The molecule has 0 radical (unpaired) electrons. The molecule has 0 spiro atoms. The van der Waals surface area contributed by atoms with Crippen molar-refractivity contribution in [2.75, 3.05) is 20.7 Å². The minimum Gasteiger partial charge on any atom is -0.396 e. The van der Waals surface area contributed by atoms with E-state index in [9.17, 15) is 5.11 Å². The van der Waals surface area contributed by atoms with Crippen LogP contribution >= 0.6 is 0 Å². The summed E-state index contributed by atoms with van der Waals surface area (Å²) in [5, 5.41) is 9.62. The van der Waals surface area contributed by atoms with E-state index in [1.807, 2.05) is 0 Å². The molecule has 0 aliphatic heterocycles. The van der Waals surface area contributed by atoms with Gasteiger partial charge in [-0.15, -0.1) is 0 Å². The number of rotatable bonds is 5. The average Bonchev–Trinajstić information content (AvgIpc) is 2.24. The van der Waals surface area contributed by atoms with Crippen LogP contribution in [-0.4, -0.2) is 30.7 Å². The highest BCUT2D eigenvalue weighted by Crippen LogP contribution is 2.31. The van der Waals surface area contributed by atoms with Crippen molar-refractivity contribution >= 4 is 0 Å². The first-order valence-corrected chi connectivity index (χ1v) is 6.31. The second kappa shape index (κ2) is 6.18. The van der Waals surface area contributed by atoms with Gasteiger partial charge in [0.1, 0.15) is 0 Å². The summed E-state index contributed by atoms with van der Waals surface area (Å²) in [7, 11) is 4.16. The van der Waals surface area contributed by atoms with Crippen molar-refractivity contribution in [2.24, 2.45) is 11.8 Å². The molecule has 0 heterocycles. The van der Waals surface area contributed by atoms with E-state index in [1.54, 1.807) is 0 Å². The minimum atomic E-state index is 0.231. The molecule has 0 aliphatic rings. The van der Waals surface area contributed by atoms with Crippen LogP contribution in [0.2, 0.25) is 0 Å². The third-order valence-corrected chi connectivity index (χ3v) is 3.41. The van der Waals surface area contributed by atoms with Crippen LogP contribution in [0.3, 0.4) is 0 Å². The summed E-state index contributed by atoms with van der Waals surface area (Å²) < 4.78 is 0. The van der Waals surface area contributed by atoms with E-state index in [-0.39, 0.29) is 18.6 Å². The molecule has 2 atom stereocenters. The zero-order valence-corrected chi connectivity index (χ0v) is 11.6. The zero-order chi connectivity index (χ0) is 13.0. The molecule has 1 N–H and O–H groups in total. The van der Waals surface area contributed by atoms with Crippen LogP contribution in [0.4, 0.5) is 0 Å². The van der Waals surface area contributed by atoms with Gasteiger partial charge in [-0.3, -0.25) is 0 Å². The Bertz CT molecular complexity index is 347. The molecule has 1 aromatic carbocycles. The maximum Gasteiger partial charge on any atom is 0.0480 e. The Balaban J connectivity index is 3.08. The number of nitrogens with zero attached hydrogens (tertiary/aromatic N) is 1. The van der Waals surface area contributed by atoms with Crippen molar-refractivity contribution < 1.29 is 5.11 Å². The van der Waals surface area contributed by atoms with Crippen LogP contribution < -0.4 is 0 Å². The lowest BCUT2D eigenvalue weighted by molar-refractivity contribution is 0.100. The van der Waals surface area contributed by atoms with E-state index in [4.69, 9.17) is 0 Å². The van der Waals surface area contributed by atoms with Crippen molar-refractivity contribution in [1.82, 2.24) is 4.90 Å². The molecular weight excluding hydrogens is 210 g/mol. The van der Waals surface area contributed by atoms with Gasteiger partial charge in [-0.05, 0) is 32.5 Å². The first-order chi connectivity index (χ1) is 7.97. The summed E-state index contributed by atoms with van der Waals surface area (Å²) in [4.78, 5) is 2.20. The first kappa shape index (κ1) is 14.2. The largest absolute Gasteiger partial charge is 0.396 e. The predicted octanol–water partition coefficient (Wildman–Crippen LogP) is 2.86. The maximum absolute atomic E-state index is 9.62. The highest BCUT2D eigenvalue weighted by atomic mass is 16.3. The molecule has 2 unspecified atom stereocenters. The average molecular weight is 235 g/mol. The number of benzene rings is 1. The van der Waals surface area contributed by atoms with Crippen LogP contribution in [0, 0.1) is 18.8 Å². The second-order valence-electron chi connectivity index (χ2n) is 5.41. The van der Waals surface area contributed by atoms with Gasteiger partial charge in [-0.25, -0.2) is 0 Å². The summed E-state index contributed by atoms with van der Waals surface area (Å²) in [6, 6.07) is 8.85. The standard InChI is InChI=1S/C15H25NO/c1-11(2)14(10-17)15(16(4)5)13-8-6-7-12(3)9-13/h6-9,11,14-15,17H,10H2,1-5H3. The lowest BCUT2D eigenvalue weighted by Gasteiger charge is -2.34. The summed E-state index contributed by atoms with van der Waals surface area (Å²) >= 11 is 0. The van der Waals surface area contributed by atoms with Crippen LogP contribution in [0.25, 0.3) is 0 Å². The third kappa shape index (κ3) is 3.55. The highest BCUT2D eigenvalue weighted by Gasteiger charge is 2.27. The molecule has 17 heavy (non-hydrogen) atoms. The van der Waals surface area contributed by atoms with Gasteiger partial charge >= 0.3 is 0 Å². The van der Waals surface area contributed by atoms with Crippen molar-refractivity contribution in [2.45, 2.75) is 26.8 Å². The maximum atomic E-state index is 9.62. The van der Waals surface area contributed by atoms with Crippen LogP contribution in [0.1, 0.15) is 31.0 Å². The third-order valence-electron chi connectivity index (χ3n) is 3.41. The second-order valence-corrected chi connectivity index (χ2v) is 5.41. The Hall–Kier alpha value is -0.860. The first-order valence-electron chi connectivity index (χ1n) is 6.31. The van der Waals surface area contributed by atoms with Gasteiger partial charge in [-0.1, -0.05) is 43.7 Å². The van der Waals surface area contributed by atoms with Gasteiger partial charge < -0.3 is 10.0 Å². The fourth-order valence-electron chi connectivity index (χ4n) is 2.46. The molecule has 0 amide bonds. The smallest absolute Gasteiger partial charge is 0.0480 e. The van der Waals surface area contributed by atoms with E-state index < -0.39 is 0 Å². The Labute approximate surface area is 105 Å². The Morgan fingerprint density at radius 1 is 1.24 bits per heavy atom. The summed E-state index contributed by atoms with van der Waals surface area (Å²) in [6.45, 7) is 6.69. The Morgan fingerprint density at radius 2 is 1.88 bits per heavy atom. The summed E-state index contributed by atoms with van der Waals surface area (Å²) in [5.41, 5.74) is 2.57. The lowest BCUT2D eigenvalue weighted by Crippen LogP contribution is -2.32. The van der Waals surface area contributed by atoms with Crippen LogP contribution in [0.5, 0.6) is 0 Å². The van der Waals surface area contributed by atoms with Crippen molar-refractivity contribution in [3.05, 3.63) is 35.4 Å². The van der Waals surface area contributed by atoms with Crippen LogP contribution in [0.15, 0.2) is 24.3 Å². The van der Waals surface area contributed by atoms with Crippen molar-refractivity contribution in [3.63, 3.8) is 0 Å². The normalized spacial score (nSPS) is 15.3. The molecular formula is C15H25NO. The van der Waals surface area contributed by atoms with Crippen LogP contribution in [-0.2, 0) is 0 Å². The quantitative estimate of drug-likeness (QED) is 0.848. The fraction of sp³-hybridized carbons (Fsp3) is 0.600. The predicted molar refractivity (Wildman–Crippen MR) is 73.0 cm³/mol. The number of hydrogen-bond donors (Lipinski definition) is 1. The molecule has 0 aromatic heterocycles.